The van der Waals surface area contributed by atoms with E-state index in [0.29, 0.717) is 11.4 Å². The third-order valence-electron chi connectivity index (χ3n) is 5.61. The highest BCUT2D eigenvalue weighted by Gasteiger charge is 2.31. The van der Waals surface area contributed by atoms with E-state index in [4.69, 9.17) is 4.74 Å². The number of hydrogen-bond donors (Lipinski definition) is 1. The minimum atomic E-state index is -3.77. The molecule has 0 aromatic heterocycles. The van der Waals surface area contributed by atoms with Crippen molar-refractivity contribution in [2.75, 3.05) is 24.2 Å². The van der Waals surface area contributed by atoms with Gasteiger partial charge in [0, 0.05) is 12.1 Å². The quantitative estimate of drug-likeness (QED) is 0.566. The van der Waals surface area contributed by atoms with Gasteiger partial charge >= 0.3 is 0 Å². The molecular weight excluding hydrogens is 466 g/mol. The highest BCUT2D eigenvalue weighted by molar-refractivity contribution is 7.92. The lowest BCUT2D eigenvalue weighted by molar-refractivity contribution is -0.140. The number of aryl methyl sites for hydroxylation is 2. The monoisotopic (exact) mass is 503 g/mol. The van der Waals surface area contributed by atoms with Gasteiger partial charge in [-0.05, 0) is 82.5 Å². The number of anilines is 1. The van der Waals surface area contributed by atoms with Crippen molar-refractivity contribution in [3.8, 4) is 5.75 Å². The number of nitrogens with zero attached hydrogens (tertiary/aromatic N) is 2. The Kier molecular flexibility index (Phi) is 8.94. The molecule has 0 fully saturated rings. The summed E-state index contributed by atoms with van der Waals surface area (Å²) >= 11 is 0. The second-order valence-corrected chi connectivity index (χ2v) is 11.7. The first kappa shape index (κ1) is 28.2. The predicted octanol–water partition coefficient (Wildman–Crippen LogP) is 3.41. The highest BCUT2D eigenvalue weighted by Crippen LogP contribution is 2.23. The van der Waals surface area contributed by atoms with Crippen molar-refractivity contribution in [2.24, 2.45) is 0 Å². The molecule has 192 valence electrons. The largest absolute Gasteiger partial charge is 0.497 e. The molecule has 2 aromatic carbocycles. The zero-order valence-electron chi connectivity index (χ0n) is 21.9. The van der Waals surface area contributed by atoms with Crippen LogP contribution in [0, 0.1) is 13.8 Å². The fourth-order valence-electron chi connectivity index (χ4n) is 3.52. The van der Waals surface area contributed by atoms with Crippen molar-refractivity contribution in [1.29, 1.82) is 0 Å². The van der Waals surface area contributed by atoms with E-state index in [-0.39, 0.29) is 12.5 Å². The van der Waals surface area contributed by atoms with Gasteiger partial charge in [-0.2, -0.15) is 0 Å². The van der Waals surface area contributed by atoms with Crippen LogP contribution in [0.15, 0.2) is 42.5 Å². The molecule has 35 heavy (non-hydrogen) atoms. The summed E-state index contributed by atoms with van der Waals surface area (Å²) in [7, 11) is -2.22. The molecule has 0 unspecified atom stereocenters. The van der Waals surface area contributed by atoms with Crippen molar-refractivity contribution < 1.29 is 22.7 Å². The number of ether oxygens (including phenoxy) is 1. The second kappa shape index (κ2) is 11.1. The Morgan fingerprint density at radius 3 is 2.26 bits per heavy atom. The third-order valence-corrected chi connectivity index (χ3v) is 6.75. The van der Waals surface area contributed by atoms with E-state index in [9.17, 15) is 18.0 Å². The summed E-state index contributed by atoms with van der Waals surface area (Å²) in [5.74, 6) is -0.201. The SMILES string of the molecule is COc1cccc(CN(C(=O)CN(c2ccc(C)c(C)c2)S(C)(=O)=O)[C@H](C)C(=O)NC(C)(C)C)c1. The Labute approximate surface area is 209 Å². The summed E-state index contributed by atoms with van der Waals surface area (Å²) < 4.78 is 31.7. The number of amides is 2. The number of rotatable bonds is 9. The van der Waals surface area contributed by atoms with E-state index in [2.05, 4.69) is 5.32 Å². The molecule has 0 radical (unpaired) electrons. The summed E-state index contributed by atoms with van der Waals surface area (Å²) in [5.41, 5.74) is 2.59. The summed E-state index contributed by atoms with van der Waals surface area (Å²) in [6.45, 7) is 10.7. The van der Waals surface area contributed by atoms with Gasteiger partial charge in [0.1, 0.15) is 18.3 Å². The Hall–Kier alpha value is -3.07. The molecule has 0 aliphatic heterocycles. The van der Waals surface area contributed by atoms with Crippen LogP contribution < -0.4 is 14.4 Å². The van der Waals surface area contributed by atoms with Gasteiger partial charge in [-0.1, -0.05) is 18.2 Å². The van der Waals surface area contributed by atoms with Crippen molar-refractivity contribution in [3.63, 3.8) is 0 Å². The van der Waals surface area contributed by atoms with E-state index in [1.165, 1.54) is 4.90 Å². The first-order valence-corrected chi connectivity index (χ1v) is 13.3. The lowest BCUT2D eigenvalue weighted by Gasteiger charge is -2.33. The van der Waals surface area contributed by atoms with Gasteiger partial charge in [0.2, 0.25) is 21.8 Å². The molecule has 1 atom stereocenters. The highest BCUT2D eigenvalue weighted by atomic mass is 32.2. The van der Waals surface area contributed by atoms with Gasteiger partial charge in [-0.25, -0.2) is 8.42 Å². The van der Waals surface area contributed by atoms with E-state index < -0.39 is 34.1 Å². The maximum atomic E-state index is 13.6. The molecule has 8 nitrogen and oxygen atoms in total. The summed E-state index contributed by atoms with van der Waals surface area (Å²) in [6, 6.07) is 11.6. The first-order chi connectivity index (χ1) is 16.1. The van der Waals surface area contributed by atoms with Crippen molar-refractivity contribution in [1.82, 2.24) is 10.2 Å². The van der Waals surface area contributed by atoms with Crippen LogP contribution in [0.25, 0.3) is 0 Å². The van der Waals surface area contributed by atoms with Crippen LogP contribution >= 0.6 is 0 Å². The zero-order valence-corrected chi connectivity index (χ0v) is 22.7. The lowest BCUT2D eigenvalue weighted by Crippen LogP contribution is -2.54. The molecule has 0 saturated carbocycles. The Balaban J connectivity index is 2.44. The minimum Gasteiger partial charge on any atom is -0.497 e. The molecule has 9 heteroatoms. The topological polar surface area (TPSA) is 96.0 Å². The Bertz CT molecular complexity index is 1170. The van der Waals surface area contributed by atoms with Gasteiger partial charge in [0.15, 0.2) is 0 Å². The molecule has 0 heterocycles. The number of benzene rings is 2. The standard InChI is InChI=1S/C26H37N3O5S/c1-18-12-13-22(14-19(18)2)29(35(8,32)33)17-24(30)28(20(3)25(31)27-26(4,5)6)16-21-10-9-11-23(15-21)34-7/h9-15,20H,16-17H2,1-8H3,(H,27,31)/t20-/m1/s1. The van der Waals surface area contributed by atoms with Crippen LogP contribution in [-0.4, -0.2) is 56.6 Å². The third kappa shape index (κ3) is 7.99. The molecular formula is C26H37N3O5S. The molecule has 2 aromatic rings. The number of hydrogen-bond acceptors (Lipinski definition) is 5. The normalized spacial score (nSPS) is 12.6. The molecule has 2 rings (SSSR count). The average molecular weight is 504 g/mol. The molecule has 2 amide bonds. The molecule has 1 N–H and O–H groups in total. The molecule has 0 aliphatic carbocycles. The molecule has 0 spiro atoms. The lowest BCUT2D eigenvalue weighted by atomic mass is 10.1. The van der Waals surface area contributed by atoms with Crippen LogP contribution in [0.4, 0.5) is 5.69 Å². The zero-order chi connectivity index (χ0) is 26.6. The fraction of sp³-hybridized carbons (Fsp3) is 0.462. The van der Waals surface area contributed by atoms with Crippen LogP contribution in [0.2, 0.25) is 0 Å². The Morgan fingerprint density at radius 2 is 1.71 bits per heavy atom. The predicted molar refractivity (Wildman–Crippen MR) is 139 cm³/mol. The Morgan fingerprint density at radius 1 is 1.06 bits per heavy atom. The summed E-state index contributed by atoms with van der Waals surface area (Å²) in [4.78, 5) is 28.0. The molecule has 0 bridgehead atoms. The van der Waals surface area contributed by atoms with Crippen molar-refractivity contribution >= 4 is 27.5 Å². The van der Waals surface area contributed by atoms with E-state index in [1.54, 1.807) is 44.4 Å². The average Bonchev–Trinajstić information content (AvgIpc) is 2.75. The molecule has 0 saturated heterocycles. The van der Waals surface area contributed by atoms with Crippen LogP contribution in [0.3, 0.4) is 0 Å². The first-order valence-electron chi connectivity index (χ1n) is 11.4. The number of carbonyl (C=O) groups is 2. The van der Waals surface area contributed by atoms with E-state index >= 15 is 0 Å². The van der Waals surface area contributed by atoms with Crippen molar-refractivity contribution in [3.05, 3.63) is 59.2 Å². The van der Waals surface area contributed by atoms with Crippen molar-refractivity contribution in [2.45, 2.75) is 59.7 Å². The minimum absolute atomic E-state index is 0.110. The van der Waals surface area contributed by atoms with Crippen LogP contribution in [0.1, 0.15) is 44.4 Å². The second-order valence-electron chi connectivity index (χ2n) is 9.83. The molecule has 0 aliphatic rings. The van der Waals surface area contributed by atoms with Crippen LogP contribution in [-0.2, 0) is 26.2 Å². The number of nitrogens with one attached hydrogen (secondary N) is 1. The summed E-state index contributed by atoms with van der Waals surface area (Å²) in [5, 5.41) is 2.90. The van der Waals surface area contributed by atoms with Crippen LogP contribution in [0.5, 0.6) is 5.75 Å². The number of methoxy groups -OCH3 is 1. The van der Waals surface area contributed by atoms with Gasteiger partial charge in [0.05, 0.1) is 19.1 Å². The number of sulfonamides is 1. The smallest absolute Gasteiger partial charge is 0.244 e. The van der Waals surface area contributed by atoms with Gasteiger partial charge in [-0.3, -0.25) is 13.9 Å². The van der Waals surface area contributed by atoms with Gasteiger partial charge < -0.3 is 15.0 Å². The number of carbonyl (C=O) groups excluding carboxylic acids is 2. The van der Waals surface area contributed by atoms with Gasteiger partial charge in [0.25, 0.3) is 0 Å². The van der Waals surface area contributed by atoms with Gasteiger partial charge in [-0.15, -0.1) is 0 Å². The fourth-order valence-corrected chi connectivity index (χ4v) is 4.36. The van der Waals surface area contributed by atoms with E-state index in [0.717, 1.165) is 27.3 Å². The van der Waals surface area contributed by atoms with E-state index in [1.807, 2.05) is 46.8 Å². The maximum absolute atomic E-state index is 13.6. The maximum Gasteiger partial charge on any atom is 0.244 e. The summed E-state index contributed by atoms with van der Waals surface area (Å²) in [6.07, 6.45) is 1.07.